The van der Waals surface area contributed by atoms with Gasteiger partial charge in [0.05, 0.1) is 6.54 Å². The molecule has 100 valence electrons. The molecular weight excluding hydrogens is 248 g/mol. The molecule has 3 rings (SSSR count). The number of nitrogens with two attached hydrogens (primary N) is 1. The third-order valence-electron chi connectivity index (χ3n) is 3.28. The second-order valence-corrected chi connectivity index (χ2v) is 4.71. The summed E-state index contributed by atoms with van der Waals surface area (Å²) in [5, 5.41) is 0. The van der Waals surface area contributed by atoms with Gasteiger partial charge in [-0.3, -0.25) is 4.98 Å². The van der Waals surface area contributed by atoms with E-state index in [0.717, 1.165) is 35.6 Å². The lowest BCUT2D eigenvalue weighted by atomic mass is 10.1. The number of hydrogen-bond acceptors (Lipinski definition) is 3. The van der Waals surface area contributed by atoms with Gasteiger partial charge in [0, 0.05) is 36.9 Å². The topological polar surface area (TPSA) is 56.7 Å². The van der Waals surface area contributed by atoms with Gasteiger partial charge < -0.3 is 10.3 Å². The number of rotatable bonds is 4. The third-order valence-corrected chi connectivity index (χ3v) is 3.28. The molecule has 0 aliphatic rings. The average molecular weight is 264 g/mol. The van der Waals surface area contributed by atoms with Gasteiger partial charge in [0.2, 0.25) is 0 Å². The van der Waals surface area contributed by atoms with Crippen molar-refractivity contribution >= 4 is 5.69 Å². The number of nitrogens with zero attached hydrogens (tertiary/aromatic N) is 3. The molecule has 0 bridgehead atoms. The van der Waals surface area contributed by atoms with E-state index in [2.05, 4.69) is 20.6 Å². The Morgan fingerprint density at radius 3 is 2.75 bits per heavy atom. The smallest absolute Gasteiger partial charge is 0.113 e. The van der Waals surface area contributed by atoms with Gasteiger partial charge in [-0.15, -0.1) is 0 Å². The van der Waals surface area contributed by atoms with Gasteiger partial charge in [-0.05, 0) is 23.3 Å². The highest BCUT2D eigenvalue weighted by atomic mass is 15.1. The quantitative estimate of drug-likeness (QED) is 0.737. The number of nitrogen functional groups attached to an aromatic ring is 1. The summed E-state index contributed by atoms with van der Waals surface area (Å²) >= 11 is 0. The molecular formula is C16H16N4. The molecule has 0 radical (unpaired) electrons. The van der Waals surface area contributed by atoms with E-state index in [1.54, 1.807) is 6.20 Å². The van der Waals surface area contributed by atoms with E-state index < -0.39 is 0 Å². The molecule has 0 atom stereocenters. The Labute approximate surface area is 117 Å². The minimum Gasteiger partial charge on any atom is -0.398 e. The number of anilines is 1. The van der Waals surface area contributed by atoms with Gasteiger partial charge in [-0.25, -0.2) is 4.98 Å². The van der Waals surface area contributed by atoms with Crippen molar-refractivity contribution in [2.24, 2.45) is 0 Å². The average Bonchev–Trinajstić information content (AvgIpc) is 2.90. The van der Waals surface area contributed by atoms with Crippen LogP contribution in [0.1, 0.15) is 17.0 Å². The molecule has 4 heteroatoms. The van der Waals surface area contributed by atoms with Crippen LogP contribution in [-0.4, -0.2) is 14.5 Å². The molecule has 0 fully saturated rings. The molecule has 2 aromatic heterocycles. The Hall–Kier alpha value is -2.62. The van der Waals surface area contributed by atoms with Crippen molar-refractivity contribution < 1.29 is 0 Å². The number of benzene rings is 1. The van der Waals surface area contributed by atoms with E-state index in [1.165, 1.54) is 0 Å². The highest BCUT2D eigenvalue weighted by Crippen LogP contribution is 2.15. The van der Waals surface area contributed by atoms with Crippen LogP contribution in [0.3, 0.4) is 0 Å². The first-order valence-electron chi connectivity index (χ1n) is 6.55. The Balaban J connectivity index is 1.82. The Kier molecular flexibility index (Phi) is 3.46. The van der Waals surface area contributed by atoms with Gasteiger partial charge in [-0.2, -0.15) is 0 Å². The van der Waals surface area contributed by atoms with Crippen molar-refractivity contribution in [1.82, 2.24) is 14.5 Å². The van der Waals surface area contributed by atoms with Crippen LogP contribution in [0.2, 0.25) is 0 Å². The fourth-order valence-electron chi connectivity index (χ4n) is 2.21. The largest absolute Gasteiger partial charge is 0.398 e. The summed E-state index contributed by atoms with van der Waals surface area (Å²) in [5.41, 5.74) is 9.06. The summed E-state index contributed by atoms with van der Waals surface area (Å²) in [6.45, 7) is 0.774. The van der Waals surface area contributed by atoms with Crippen LogP contribution in [-0.2, 0) is 13.0 Å². The fraction of sp³-hybridized carbons (Fsp3) is 0.125. The molecule has 2 N–H and O–H groups in total. The SMILES string of the molecule is Nc1ccccc1Cc1nccn1Cc1cccnc1. The first-order chi connectivity index (χ1) is 9.83. The second kappa shape index (κ2) is 5.57. The molecule has 0 saturated heterocycles. The maximum Gasteiger partial charge on any atom is 0.113 e. The molecule has 3 aromatic rings. The maximum atomic E-state index is 5.99. The lowest BCUT2D eigenvalue weighted by Crippen LogP contribution is -2.06. The highest BCUT2D eigenvalue weighted by Gasteiger charge is 2.06. The van der Waals surface area contributed by atoms with Gasteiger partial charge in [0.1, 0.15) is 5.82 Å². The molecule has 0 aliphatic heterocycles. The first-order valence-corrected chi connectivity index (χ1v) is 6.55. The van der Waals surface area contributed by atoms with E-state index in [4.69, 9.17) is 5.73 Å². The van der Waals surface area contributed by atoms with Gasteiger partial charge in [-0.1, -0.05) is 24.3 Å². The number of imidazole rings is 1. The molecule has 0 amide bonds. The summed E-state index contributed by atoms with van der Waals surface area (Å²) in [6.07, 6.45) is 8.20. The summed E-state index contributed by atoms with van der Waals surface area (Å²) < 4.78 is 2.13. The van der Waals surface area contributed by atoms with E-state index >= 15 is 0 Å². The van der Waals surface area contributed by atoms with Crippen LogP contribution >= 0.6 is 0 Å². The van der Waals surface area contributed by atoms with Crippen molar-refractivity contribution in [3.63, 3.8) is 0 Å². The summed E-state index contributed by atoms with van der Waals surface area (Å²) in [7, 11) is 0. The zero-order valence-corrected chi connectivity index (χ0v) is 11.1. The van der Waals surface area contributed by atoms with Crippen molar-refractivity contribution in [1.29, 1.82) is 0 Å². The van der Waals surface area contributed by atoms with E-state index in [1.807, 2.05) is 48.9 Å². The third kappa shape index (κ3) is 2.69. The molecule has 20 heavy (non-hydrogen) atoms. The van der Waals surface area contributed by atoms with Crippen molar-refractivity contribution in [2.45, 2.75) is 13.0 Å². The van der Waals surface area contributed by atoms with Gasteiger partial charge in [0.15, 0.2) is 0 Å². The lowest BCUT2D eigenvalue weighted by Gasteiger charge is -2.09. The molecule has 0 saturated carbocycles. The molecule has 2 heterocycles. The van der Waals surface area contributed by atoms with E-state index in [-0.39, 0.29) is 0 Å². The van der Waals surface area contributed by atoms with Crippen molar-refractivity contribution in [2.75, 3.05) is 5.73 Å². The number of para-hydroxylation sites is 1. The predicted octanol–water partition coefficient (Wildman–Crippen LogP) is 2.50. The van der Waals surface area contributed by atoms with Crippen LogP contribution in [0.4, 0.5) is 5.69 Å². The number of aromatic nitrogens is 3. The Morgan fingerprint density at radius 1 is 1.05 bits per heavy atom. The molecule has 0 aliphatic carbocycles. The molecule has 4 nitrogen and oxygen atoms in total. The first kappa shape index (κ1) is 12.4. The number of pyridine rings is 1. The zero-order valence-electron chi connectivity index (χ0n) is 11.1. The Morgan fingerprint density at radius 2 is 1.95 bits per heavy atom. The van der Waals surface area contributed by atoms with Gasteiger partial charge >= 0.3 is 0 Å². The van der Waals surface area contributed by atoms with Crippen LogP contribution < -0.4 is 5.73 Å². The van der Waals surface area contributed by atoms with Crippen LogP contribution in [0.15, 0.2) is 61.2 Å². The Bertz CT molecular complexity index is 688. The minimum atomic E-state index is 0.736. The van der Waals surface area contributed by atoms with Crippen molar-refractivity contribution in [3.05, 3.63) is 78.1 Å². The van der Waals surface area contributed by atoms with E-state index in [0.29, 0.717) is 0 Å². The molecule has 1 aromatic carbocycles. The van der Waals surface area contributed by atoms with Crippen LogP contribution in [0.25, 0.3) is 0 Å². The molecule has 0 unspecified atom stereocenters. The van der Waals surface area contributed by atoms with Crippen molar-refractivity contribution in [3.8, 4) is 0 Å². The second-order valence-electron chi connectivity index (χ2n) is 4.71. The summed E-state index contributed by atoms with van der Waals surface area (Å²) in [5.74, 6) is 1.01. The predicted molar refractivity (Wildman–Crippen MR) is 79.2 cm³/mol. The zero-order chi connectivity index (χ0) is 13.8. The van der Waals surface area contributed by atoms with Crippen LogP contribution in [0, 0.1) is 0 Å². The monoisotopic (exact) mass is 264 g/mol. The van der Waals surface area contributed by atoms with E-state index in [9.17, 15) is 0 Å². The van der Waals surface area contributed by atoms with Crippen LogP contribution in [0.5, 0.6) is 0 Å². The fourth-order valence-corrected chi connectivity index (χ4v) is 2.21. The summed E-state index contributed by atoms with van der Waals surface area (Å²) in [6, 6.07) is 11.9. The normalized spacial score (nSPS) is 10.6. The lowest BCUT2D eigenvalue weighted by molar-refractivity contribution is 0.738. The van der Waals surface area contributed by atoms with Gasteiger partial charge in [0.25, 0.3) is 0 Å². The summed E-state index contributed by atoms with van der Waals surface area (Å²) in [4.78, 5) is 8.57. The minimum absolute atomic E-state index is 0.736. The molecule has 0 spiro atoms. The highest BCUT2D eigenvalue weighted by molar-refractivity contribution is 5.47. The standard InChI is InChI=1S/C16H16N4/c17-15-6-2-1-5-14(15)10-16-19-8-9-20(16)12-13-4-3-7-18-11-13/h1-9,11H,10,12,17H2. The maximum absolute atomic E-state index is 5.99. The number of hydrogen-bond donors (Lipinski definition) is 1.